The number of nitrogens with one attached hydrogen (secondary N) is 1. The summed E-state index contributed by atoms with van der Waals surface area (Å²) >= 11 is 0. The minimum Gasteiger partial charge on any atom is -0.464 e. The smallest absolute Gasteiger partial charge is 0.324 e. The molecule has 3 saturated heterocycles. The van der Waals surface area contributed by atoms with Crippen LogP contribution in [0.2, 0.25) is 0 Å². The molecule has 3 fully saturated rings. The SMILES string of the molecule is CCn1c(-c2cc(N3CCN4CCOC[C@@H]4C3)cnc2[C@H](C)OC)c2c3cc(ccc31)-c1cc(CF)cc(c1)C[C@H](N)C(=O)N1CCC[C@H](N1)C(=O)OCC(C)(C)C2. The maximum atomic E-state index is 14.5. The highest BCUT2D eigenvalue weighted by Gasteiger charge is 2.35. The van der Waals surface area contributed by atoms with Crippen molar-refractivity contribution in [2.24, 2.45) is 11.1 Å². The zero-order valence-electron chi connectivity index (χ0n) is 34.6. The maximum absolute atomic E-state index is 14.5. The molecule has 12 nitrogen and oxygen atoms in total. The molecule has 4 aliphatic heterocycles. The Morgan fingerprint density at radius 3 is 2.72 bits per heavy atom. The number of pyridine rings is 1. The van der Waals surface area contributed by atoms with Crippen LogP contribution < -0.4 is 16.1 Å². The summed E-state index contributed by atoms with van der Waals surface area (Å²) in [6, 6.07) is 13.2. The van der Waals surface area contributed by atoms with Gasteiger partial charge in [0.25, 0.3) is 5.91 Å². The fraction of sp³-hybridized carbons (Fsp3) is 0.533. The number of benzene rings is 2. The predicted molar refractivity (Wildman–Crippen MR) is 223 cm³/mol. The first-order valence-corrected chi connectivity index (χ1v) is 20.9. The van der Waals surface area contributed by atoms with Crippen LogP contribution in [0.5, 0.6) is 0 Å². The second-order valence-corrected chi connectivity index (χ2v) is 17.3. The molecule has 0 spiro atoms. The number of morpholine rings is 1. The summed E-state index contributed by atoms with van der Waals surface area (Å²) in [7, 11) is 1.72. The van der Waals surface area contributed by atoms with Crippen LogP contribution in [0.15, 0.2) is 48.7 Å². The van der Waals surface area contributed by atoms with E-state index in [1.165, 1.54) is 5.01 Å². The molecule has 8 rings (SSSR count). The zero-order chi connectivity index (χ0) is 40.7. The Balaban J connectivity index is 1.31. The first-order valence-electron chi connectivity index (χ1n) is 20.9. The lowest BCUT2D eigenvalue weighted by atomic mass is 9.84. The minimum atomic E-state index is -0.883. The Morgan fingerprint density at radius 1 is 1.09 bits per heavy atom. The van der Waals surface area contributed by atoms with Gasteiger partial charge in [0.05, 0.1) is 61.3 Å². The van der Waals surface area contributed by atoms with E-state index in [1.54, 1.807) is 13.2 Å². The Morgan fingerprint density at radius 2 is 1.93 bits per heavy atom. The molecule has 1 amide bonds. The van der Waals surface area contributed by atoms with E-state index >= 15 is 0 Å². The fourth-order valence-electron chi connectivity index (χ4n) is 9.34. The molecule has 13 heteroatoms. The van der Waals surface area contributed by atoms with Crippen LogP contribution in [-0.4, -0.2) is 109 Å². The van der Waals surface area contributed by atoms with E-state index in [9.17, 15) is 14.0 Å². The molecule has 3 N–H and O–H groups in total. The van der Waals surface area contributed by atoms with E-state index in [1.807, 2.05) is 25.3 Å². The molecule has 6 heterocycles. The molecule has 6 bridgehead atoms. The average molecular weight is 796 g/mol. The molecule has 2 aromatic carbocycles. The Kier molecular flexibility index (Phi) is 11.6. The van der Waals surface area contributed by atoms with Crippen LogP contribution in [0.3, 0.4) is 0 Å². The number of aryl methyl sites for hydroxylation is 1. The third kappa shape index (κ3) is 7.99. The number of alkyl halides is 1. The molecule has 0 radical (unpaired) electrons. The number of ether oxygens (including phenoxy) is 3. The van der Waals surface area contributed by atoms with Gasteiger partial charge < -0.3 is 29.4 Å². The van der Waals surface area contributed by atoms with Crippen molar-refractivity contribution in [1.82, 2.24) is 24.9 Å². The van der Waals surface area contributed by atoms with Gasteiger partial charge >= 0.3 is 5.97 Å². The number of amides is 1. The normalized spacial score (nSPS) is 23.7. The van der Waals surface area contributed by atoms with Gasteiger partial charge in [-0.05, 0) is 91.6 Å². The van der Waals surface area contributed by atoms with Gasteiger partial charge in [-0.15, -0.1) is 0 Å². The number of hydrogen-bond acceptors (Lipinski definition) is 10. The minimum absolute atomic E-state index is 0.171. The van der Waals surface area contributed by atoms with E-state index in [2.05, 4.69) is 64.8 Å². The van der Waals surface area contributed by atoms with E-state index in [0.717, 1.165) is 95.2 Å². The summed E-state index contributed by atoms with van der Waals surface area (Å²) in [6.07, 6.45) is 3.68. The van der Waals surface area contributed by atoms with Crippen molar-refractivity contribution in [3.05, 3.63) is 71.0 Å². The molecule has 0 unspecified atom stereocenters. The van der Waals surface area contributed by atoms with Crippen LogP contribution in [-0.2, 0) is 49.9 Å². The molecule has 4 aliphatic rings. The van der Waals surface area contributed by atoms with Crippen molar-refractivity contribution < 1.29 is 28.2 Å². The number of carbonyl (C=O) groups is 2. The number of rotatable bonds is 6. The quantitative estimate of drug-likeness (QED) is 0.239. The number of halogens is 1. The average Bonchev–Trinajstić information content (AvgIpc) is 3.55. The molecular weight excluding hydrogens is 738 g/mol. The van der Waals surface area contributed by atoms with Gasteiger partial charge in [-0.1, -0.05) is 32.0 Å². The number of hydrogen-bond donors (Lipinski definition) is 2. The van der Waals surface area contributed by atoms with Crippen molar-refractivity contribution in [2.75, 3.05) is 64.6 Å². The van der Waals surface area contributed by atoms with Crippen molar-refractivity contribution in [2.45, 2.75) is 90.8 Å². The zero-order valence-corrected chi connectivity index (χ0v) is 34.6. The van der Waals surface area contributed by atoms with E-state index in [0.29, 0.717) is 44.0 Å². The summed E-state index contributed by atoms with van der Waals surface area (Å²) in [5, 5.41) is 2.52. The third-order valence-electron chi connectivity index (χ3n) is 12.5. The van der Waals surface area contributed by atoms with Crippen LogP contribution in [0.1, 0.15) is 69.0 Å². The second-order valence-electron chi connectivity index (χ2n) is 17.3. The molecule has 4 atom stereocenters. The first kappa shape index (κ1) is 40.4. The molecule has 2 aromatic heterocycles. The van der Waals surface area contributed by atoms with Crippen molar-refractivity contribution >= 4 is 28.5 Å². The lowest BCUT2D eigenvalue weighted by molar-refractivity contribution is -0.154. The van der Waals surface area contributed by atoms with Gasteiger partial charge in [0, 0.05) is 68.3 Å². The van der Waals surface area contributed by atoms with Gasteiger partial charge in [-0.2, -0.15) is 0 Å². The number of cyclic esters (lactones) is 1. The van der Waals surface area contributed by atoms with Crippen LogP contribution in [0.25, 0.3) is 33.3 Å². The van der Waals surface area contributed by atoms with E-state index < -0.39 is 30.1 Å². The summed E-state index contributed by atoms with van der Waals surface area (Å²) in [6.45, 7) is 14.3. The number of esters is 1. The van der Waals surface area contributed by atoms with E-state index in [4.69, 9.17) is 24.9 Å². The second kappa shape index (κ2) is 16.7. The lowest BCUT2D eigenvalue weighted by Gasteiger charge is -2.44. The van der Waals surface area contributed by atoms with Crippen molar-refractivity contribution in [3.8, 4) is 22.4 Å². The van der Waals surface area contributed by atoms with Crippen LogP contribution in [0.4, 0.5) is 10.1 Å². The number of carbonyl (C=O) groups excluding carboxylic acids is 2. The molecule has 0 aliphatic carbocycles. The predicted octanol–water partition coefficient (Wildman–Crippen LogP) is 5.58. The molecule has 4 aromatic rings. The highest BCUT2D eigenvalue weighted by molar-refractivity contribution is 5.96. The van der Waals surface area contributed by atoms with Gasteiger partial charge in [-0.25, -0.2) is 9.82 Å². The number of methoxy groups -OCH3 is 1. The molecule has 310 valence electrons. The number of anilines is 1. The van der Waals surface area contributed by atoms with Crippen molar-refractivity contribution in [1.29, 1.82) is 0 Å². The molecular formula is C45H58FN7O5. The monoisotopic (exact) mass is 795 g/mol. The number of fused-ring (bicyclic) bond motifs is 7. The van der Waals surface area contributed by atoms with Gasteiger partial charge in [0.2, 0.25) is 0 Å². The first-order chi connectivity index (χ1) is 28.0. The van der Waals surface area contributed by atoms with Crippen LogP contribution in [0, 0.1) is 5.41 Å². The lowest BCUT2D eigenvalue weighted by Crippen LogP contribution is -2.59. The number of aromatic nitrogens is 2. The number of nitrogens with zero attached hydrogens (tertiary/aromatic N) is 5. The summed E-state index contributed by atoms with van der Waals surface area (Å²) in [5.74, 6) is -0.702. The summed E-state index contributed by atoms with van der Waals surface area (Å²) in [5.41, 5.74) is 18.4. The van der Waals surface area contributed by atoms with Gasteiger partial charge in [-0.3, -0.25) is 24.5 Å². The van der Waals surface area contributed by atoms with Gasteiger partial charge in [0.1, 0.15) is 12.7 Å². The van der Waals surface area contributed by atoms with E-state index in [-0.39, 0.29) is 25.0 Å². The topological polar surface area (TPSA) is 127 Å². The van der Waals surface area contributed by atoms with Crippen LogP contribution >= 0.6 is 0 Å². The fourth-order valence-corrected chi connectivity index (χ4v) is 9.34. The Labute approximate surface area is 340 Å². The summed E-state index contributed by atoms with van der Waals surface area (Å²) < 4.78 is 34.8. The Bertz CT molecular complexity index is 2170. The standard InChI is InChI=1S/C45H58FN7O5/c1-6-52-40-10-9-31-20-35(40)37(42(52)36-21-33(24-48-41(36)28(2)56-5)51-13-12-50-14-15-57-26-34(50)25-51)22-45(3,4)27-58-44(55)39-8-7-11-53(49-39)43(54)38(47)19-29-16-30(23-46)18-32(31)17-29/h9-10,16-18,20-21,24,28,34,38-39,49H,6-8,11-15,19,22-23,25-27,47H2,1-5H3/t28-,34-,38-,39-/m0/s1. The molecule has 58 heavy (non-hydrogen) atoms. The summed E-state index contributed by atoms with van der Waals surface area (Å²) in [4.78, 5) is 37.3. The van der Waals surface area contributed by atoms with Gasteiger partial charge in [0.15, 0.2) is 0 Å². The third-order valence-corrected chi connectivity index (χ3v) is 12.5. The highest BCUT2D eigenvalue weighted by atomic mass is 19.1. The number of nitrogens with two attached hydrogens (primary N) is 1. The van der Waals surface area contributed by atoms with Crippen molar-refractivity contribution in [3.63, 3.8) is 0 Å². The molecule has 0 saturated carbocycles. The Hall–Kier alpha value is -4.40. The largest absolute Gasteiger partial charge is 0.464 e. The number of hydrazine groups is 1. The number of piperazine rings is 1. The highest BCUT2D eigenvalue weighted by Crippen LogP contribution is 2.43. The maximum Gasteiger partial charge on any atom is 0.324 e.